The standard InChI is InChI=1S/C32H53N9O5/c33-13-4-7-14-35-19-12-29(43)37-17-9-8-15-36-23-31(45)38-16-5-1-6-18-39-32(46)27(21-28(34)42)41-30(44)20-24-22-40-26-11-3-2-10-25(24)26/h2-3,10-11,22,27,35-36,40H,1,4-9,12-21,23,33H2,(H2,34,42)(H,37,43)(H,38,45)(H,39,46)(H,41,44)/t27-/m0/s1. The lowest BCUT2D eigenvalue weighted by atomic mass is 10.1. The van der Waals surface area contributed by atoms with Crippen LogP contribution in [0.4, 0.5) is 0 Å². The molecule has 0 radical (unpaired) electrons. The minimum absolute atomic E-state index is 0.0370. The van der Waals surface area contributed by atoms with E-state index in [-0.39, 0.29) is 37.1 Å². The molecule has 11 N–H and O–H groups in total. The van der Waals surface area contributed by atoms with Gasteiger partial charge in [0, 0.05) is 49.7 Å². The summed E-state index contributed by atoms with van der Waals surface area (Å²) in [5, 5.41) is 18.4. The van der Waals surface area contributed by atoms with Crippen LogP contribution in [0.5, 0.6) is 0 Å². The van der Waals surface area contributed by atoms with Crippen LogP contribution < -0.4 is 43.4 Å². The summed E-state index contributed by atoms with van der Waals surface area (Å²) in [6.45, 7) is 4.66. The van der Waals surface area contributed by atoms with Crippen LogP contribution in [0.15, 0.2) is 30.5 Å². The number of aromatic nitrogens is 1. The SMILES string of the molecule is NCCCCNCCC(=O)NCCCCNCC(=O)NCCCCCNC(=O)[C@H](CC(N)=O)NC(=O)Cc1c[nH]c2ccccc12. The van der Waals surface area contributed by atoms with E-state index < -0.39 is 17.9 Å². The third-order valence-corrected chi connectivity index (χ3v) is 7.28. The Kier molecular flexibility index (Phi) is 19.4. The first-order valence-corrected chi connectivity index (χ1v) is 16.4. The number of aromatic amines is 1. The van der Waals surface area contributed by atoms with Crippen LogP contribution in [0.25, 0.3) is 10.9 Å². The molecule has 2 rings (SSSR count). The maximum Gasteiger partial charge on any atom is 0.243 e. The molecule has 1 aromatic carbocycles. The van der Waals surface area contributed by atoms with Gasteiger partial charge in [0.2, 0.25) is 29.5 Å². The van der Waals surface area contributed by atoms with Crippen molar-refractivity contribution in [3.05, 3.63) is 36.0 Å². The molecule has 256 valence electrons. The zero-order chi connectivity index (χ0) is 33.4. The van der Waals surface area contributed by atoms with Crippen molar-refractivity contribution >= 4 is 40.4 Å². The van der Waals surface area contributed by atoms with E-state index >= 15 is 0 Å². The Labute approximate surface area is 271 Å². The van der Waals surface area contributed by atoms with Gasteiger partial charge >= 0.3 is 0 Å². The van der Waals surface area contributed by atoms with Crippen molar-refractivity contribution in [3.63, 3.8) is 0 Å². The largest absolute Gasteiger partial charge is 0.370 e. The Balaban J connectivity index is 1.47. The third-order valence-electron chi connectivity index (χ3n) is 7.28. The van der Waals surface area contributed by atoms with E-state index in [4.69, 9.17) is 11.5 Å². The molecule has 46 heavy (non-hydrogen) atoms. The van der Waals surface area contributed by atoms with E-state index in [2.05, 4.69) is 36.9 Å². The molecule has 0 aliphatic carbocycles. The highest BCUT2D eigenvalue weighted by atomic mass is 16.2. The monoisotopic (exact) mass is 643 g/mol. The number of benzene rings is 1. The molecule has 14 nitrogen and oxygen atoms in total. The Morgan fingerprint density at radius 2 is 1.37 bits per heavy atom. The lowest BCUT2D eigenvalue weighted by molar-refractivity contribution is -0.131. The second-order valence-electron chi connectivity index (χ2n) is 11.3. The zero-order valence-electron chi connectivity index (χ0n) is 26.9. The minimum Gasteiger partial charge on any atom is -0.370 e. The maximum atomic E-state index is 12.7. The minimum atomic E-state index is -1.05. The van der Waals surface area contributed by atoms with Gasteiger partial charge in [0.05, 0.1) is 19.4 Å². The van der Waals surface area contributed by atoms with Crippen LogP contribution in [0, 0.1) is 0 Å². The molecule has 1 atom stereocenters. The molecule has 5 amide bonds. The number of carbonyl (C=O) groups excluding carboxylic acids is 5. The van der Waals surface area contributed by atoms with Crippen molar-refractivity contribution in [2.24, 2.45) is 11.5 Å². The molecule has 0 fully saturated rings. The number of para-hydroxylation sites is 1. The van der Waals surface area contributed by atoms with Crippen LogP contribution in [0.3, 0.4) is 0 Å². The molecule has 2 aromatic rings. The number of amides is 5. The molecule has 0 unspecified atom stereocenters. The third kappa shape index (κ3) is 16.9. The fourth-order valence-electron chi connectivity index (χ4n) is 4.77. The molecule has 0 spiro atoms. The van der Waals surface area contributed by atoms with Crippen molar-refractivity contribution in [2.45, 2.75) is 70.3 Å². The molecule has 1 aromatic heterocycles. The predicted molar refractivity (Wildman–Crippen MR) is 179 cm³/mol. The van der Waals surface area contributed by atoms with Gasteiger partial charge in [0.1, 0.15) is 6.04 Å². The van der Waals surface area contributed by atoms with E-state index in [0.29, 0.717) is 52.1 Å². The molecule has 0 saturated carbocycles. The average Bonchev–Trinajstić information content (AvgIpc) is 3.43. The Morgan fingerprint density at radius 3 is 2.13 bits per heavy atom. The van der Waals surface area contributed by atoms with Gasteiger partial charge in [-0.3, -0.25) is 24.0 Å². The number of rotatable bonds is 26. The lowest BCUT2D eigenvalue weighted by Crippen LogP contribution is -2.49. The second kappa shape index (κ2) is 23.3. The number of carbonyl (C=O) groups is 5. The van der Waals surface area contributed by atoms with Crippen molar-refractivity contribution < 1.29 is 24.0 Å². The summed E-state index contributed by atoms with van der Waals surface area (Å²) in [4.78, 5) is 63.8. The summed E-state index contributed by atoms with van der Waals surface area (Å²) >= 11 is 0. The lowest BCUT2D eigenvalue weighted by Gasteiger charge is -2.17. The first kappa shape index (κ1) is 38.2. The summed E-state index contributed by atoms with van der Waals surface area (Å²) in [5.74, 6) is -1.58. The number of hydrogen-bond donors (Lipinski definition) is 9. The highest BCUT2D eigenvalue weighted by molar-refractivity contribution is 5.94. The van der Waals surface area contributed by atoms with Gasteiger partial charge in [-0.1, -0.05) is 18.2 Å². The van der Waals surface area contributed by atoms with Crippen molar-refractivity contribution in [3.8, 4) is 0 Å². The molecule has 0 bridgehead atoms. The normalized spacial score (nSPS) is 11.6. The number of H-pyrrole nitrogens is 1. The van der Waals surface area contributed by atoms with Crippen LogP contribution in [0.2, 0.25) is 0 Å². The molecule has 0 saturated heterocycles. The summed E-state index contributed by atoms with van der Waals surface area (Å²) < 4.78 is 0. The van der Waals surface area contributed by atoms with E-state index in [1.54, 1.807) is 6.20 Å². The predicted octanol–water partition coefficient (Wildman–Crippen LogP) is -0.322. The van der Waals surface area contributed by atoms with Gasteiger partial charge in [-0.15, -0.1) is 0 Å². The van der Waals surface area contributed by atoms with Gasteiger partial charge in [0.15, 0.2) is 0 Å². The Bertz CT molecular complexity index is 1220. The van der Waals surface area contributed by atoms with E-state index in [1.807, 2.05) is 24.3 Å². The first-order chi connectivity index (χ1) is 22.3. The van der Waals surface area contributed by atoms with Gasteiger partial charge in [-0.2, -0.15) is 0 Å². The number of unbranched alkanes of at least 4 members (excludes halogenated alkanes) is 4. The number of hydrogen-bond acceptors (Lipinski definition) is 8. The fraction of sp³-hybridized carbons (Fsp3) is 0.594. The summed E-state index contributed by atoms with van der Waals surface area (Å²) in [6.07, 6.45) is 7.87. The van der Waals surface area contributed by atoms with Crippen LogP contribution in [0.1, 0.15) is 63.4 Å². The number of nitrogens with one attached hydrogen (secondary N) is 7. The Hall–Kier alpha value is -4.01. The second-order valence-corrected chi connectivity index (χ2v) is 11.3. The average molecular weight is 644 g/mol. The van der Waals surface area contributed by atoms with Crippen molar-refractivity contribution in [2.75, 3.05) is 52.4 Å². The summed E-state index contributed by atoms with van der Waals surface area (Å²) in [5.41, 5.74) is 12.5. The van der Waals surface area contributed by atoms with E-state index in [9.17, 15) is 24.0 Å². The molecular weight excluding hydrogens is 590 g/mol. The number of fused-ring (bicyclic) bond motifs is 1. The molecule has 1 heterocycles. The van der Waals surface area contributed by atoms with E-state index in [1.165, 1.54) is 0 Å². The topological polar surface area (TPSA) is 225 Å². The quantitative estimate of drug-likeness (QED) is 0.0616. The molecule has 14 heteroatoms. The van der Waals surface area contributed by atoms with Gasteiger partial charge < -0.3 is 48.4 Å². The Morgan fingerprint density at radius 1 is 0.717 bits per heavy atom. The highest BCUT2D eigenvalue weighted by Gasteiger charge is 2.23. The summed E-state index contributed by atoms with van der Waals surface area (Å²) in [7, 11) is 0. The number of nitrogens with two attached hydrogens (primary N) is 2. The maximum absolute atomic E-state index is 12.7. The van der Waals surface area contributed by atoms with Crippen LogP contribution >= 0.6 is 0 Å². The van der Waals surface area contributed by atoms with Gasteiger partial charge in [-0.05, 0) is 76.2 Å². The molecule has 0 aliphatic rings. The molecule has 0 aliphatic heterocycles. The van der Waals surface area contributed by atoms with Crippen molar-refractivity contribution in [1.29, 1.82) is 0 Å². The summed E-state index contributed by atoms with van der Waals surface area (Å²) in [6, 6.07) is 6.55. The van der Waals surface area contributed by atoms with E-state index in [0.717, 1.165) is 61.5 Å². The van der Waals surface area contributed by atoms with Gasteiger partial charge in [0.25, 0.3) is 0 Å². The fourth-order valence-corrected chi connectivity index (χ4v) is 4.77. The zero-order valence-corrected chi connectivity index (χ0v) is 26.9. The first-order valence-electron chi connectivity index (χ1n) is 16.4. The van der Waals surface area contributed by atoms with Crippen LogP contribution in [-0.4, -0.2) is 92.9 Å². The highest BCUT2D eigenvalue weighted by Crippen LogP contribution is 2.18. The number of primary amides is 1. The smallest absolute Gasteiger partial charge is 0.243 e. The van der Waals surface area contributed by atoms with Crippen molar-refractivity contribution in [1.82, 2.24) is 36.9 Å². The molecular formula is C32H53N9O5. The van der Waals surface area contributed by atoms with Gasteiger partial charge in [-0.25, -0.2) is 0 Å². The van der Waals surface area contributed by atoms with Crippen LogP contribution in [-0.2, 0) is 30.4 Å².